The van der Waals surface area contributed by atoms with E-state index in [1.54, 1.807) is 20.8 Å². The van der Waals surface area contributed by atoms with Gasteiger partial charge in [-0.15, -0.1) is 0 Å². The van der Waals surface area contributed by atoms with E-state index in [9.17, 15) is 18.0 Å². The van der Waals surface area contributed by atoms with Crippen LogP contribution in [0.4, 0.5) is 0 Å². The first kappa shape index (κ1) is 22.6. The second kappa shape index (κ2) is 8.94. The molecular weight excluding hydrogens is 374 g/mol. The molecule has 3 N–H and O–H groups in total. The van der Waals surface area contributed by atoms with Crippen molar-refractivity contribution in [3.05, 3.63) is 29.8 Å². The van der Waals surface area contributed by atoms with Gasteiger partial charge in [-0.3, -0.25) is 9.59 Å². The normalized spacial score (nSPS) is 14.0. The molecule has 0 aromatic heterocycles. The molecule has 0 aliphatic heterocycles. The van der Waals surface area contributed by atoms with Crippen molar-refractivity contribution in [3.8, 4) is 6.07 Å². The Balaban J connectivity index is 3.04. The molecule has 0 saturated carbocycles. The summed E-state index contributed by atoms with van der Waals surface area (Å²) in [4.78, 5) is 23.2. The lowest BCUT2D eigenvalue weighted by Crippen LogP contribution is -2.53. The van der Waals surface area contributed by atoms with Crippen molar-refractivity contribution >= 4 is 21.9 Å². The lowest BCUT2D eigenvalue weighted by atomic mass is 10.2. The van der Waals surface area contributed by atoms with Gasteiger partial charge in [0.1, 0.15) is 12.1 Å². The third-order valence-electron chi connectivity index (χ3n) is 3.32. The maximum Gasteiger partial charge on any atom is 0.325 e. The van der Waals surface area contributed by atoms with Crippen LogP contribution in [0.15, 0.2) is 29.2 Å². The van der Waals surface area contributed by atoms with Crippen LogP contribution in [0.25, 0.3) is 0 Å². The van der Waals surface area contributed by atoms with E-state index in [-0.39, 0.29) is 17.1 Å². The summed E-state index contributed by atoms with van der Waals surface area (Å²) in [6.45, 7) is 6.17. The molecule has 0 saturated heterocycles. The SMILES string of the molecule is C[C@H](NC(=O)[C@@H](COC(C)(C)C)NS(=O)(=O)c1ccc(C#N)cc1)C(=O)O. The second-order valence-corrected chi connectivity index (χ2v) is 8.52. The molecule has 2 atom stereocenters. The molecule has 0 radical (unpaired) electrons. The molecule has 0 heterocycles. The topological polar surface area (TPSA) is 146 Å². The minimum Gasteiger partial charge on any atom is -0.480 e. The number of nitriles is 1. The van der Waals surface area contributed by atoms with Crippen LogP contribution in [0.2, 0.25) is 0 Å². The van der Waals surface area contributed by atoms with Gasteiger partial charge in [-0.1, -0.05) is 0 Å². The van der Waals surface area contributed by atoms with Gasteiger partial charge in [-0.2, -0.15) is 9.98 Å². The lowest BCUT2D eigenvalue weighted by Gasteiger charge is -2.25. The Hall–Kier alpha value is -2.48. The zero-order valence-corrected chi connectivity index (χ0v) is 16.3. The van der Waals surface area contributed by atoms with E-state index in [4.69, 9.17) is 15.1 Å². The van der Waals surface area contributed by atoms with Gasteiger partial charge in [0.25, 0.3) is 0 Å². The van der Waals surface area contributed by atoms with Crippen LogP contribution in [0, 0.1) is 11.3 Å². The highest BCUT2D eigenvalue weighted by atomic mass is 32.2. The van der Waals surface area contributed by atoms with Gasteiger partial charge in [0.05, 0.1) is 28.7 Å². The minimum absolute atomic E-state index is 0.138. The van der Waals surface area contributed by atoms with Gasteiger partial charge >= 0.3 is 5.97 Å². The van der Waals surface area contributed by atoms with Gasteiger partial charge in [0.15, 0.2) is 0 Å². The number of sulfonamides is 1. The van der Waals surface area contributed by atoms with Gasteiger partial charge in [0.2, 0.25) is 15.9 Å². The van der Waals surface area contributed by atoms with Crippen molar-refractivity contribution in [2.24, 2.45) is 0 Å². The van der Waals surface area contributed by atoms with E-state index in [1.807, 2.05) is 6.07 Å². The summed E-state index contributed by atoms with van der Waals surface area (Å²) in [7, 11) is -4.10. The second-order valence-electron chi connectivity index (χ2n) is 6.80. The molecule has 10 heteroatoms. The number of amides is 1. The molecule has 1 amide bonds. The summed E-state index contributed by atoms with van der Waals surface area (Å²) >= 11 is 0. The van der Waals surface area contributed by atoms with Crippen LogP contribution in [0.3, 0.4) is 0 Å². The summed E-state index contributed by atoms with van der Waals surface area (Å²) in [5.74, 6) is -2.08. The number of rotatable bonds is 8. The smallest absolute Gasteiger partial charge is 0.325 e. The van der Waals surface area contributed by atoms with Crippen LogP contribution in [0.1, 0.15) is 33.3 Å². The molecule has 1 rings (SSSR count). The number of nitrogens with one attached hydrogen (secondary N) is 2. The van der Waals surface area contributed by atoms with E-state index in [0.29, 0.717) is 0 Å². The number of carbonyl (C=O) groups is 2. The fraction of sp³-hybridized carbons (Fsp3) is 0.471. The molecule has 0 spiro atoms. The van der Waals surface area contributed by atoms with Gasteiger partial charge < -0.3 is 15.2 Å². The van der Waals surface area contributed by atoms with Crippen molar-refractivity contribution in [2.75, 3.05) is 6.61 Å². The Bertz CT molecular complexity index is 822. The van der Waals surface area contributed by atoms with E-state index >= 15 is 0 Å². The molecule has 27 heavy (non-hydrogen) atoms. The van der Waals surface area contributed by atoms with Crippen molar-refractivity contribution in [2.45, 2.75) is 50.3 Å². The number of carboxylic acids is 1. The molecule has 0 bridgehead atoms. The van der Waals surface area contributed by atoms with Crippen molar-refractivity contribution in [1.82, 2.24) is 10.0 Å². The molecule has 1 aromatic rings. The summed E-state index contributed by atoms with van der Waals surface area (Å²) < 4.78 is 32.8. The Morgan fingerprint density at radius 1 is 1.26 bits per heavy atom. The van der Waals surface area contributed by atoms with E-state index in [0.717, 1.165) is 0 Å². The zero-order valence-electron chi connectivity index (χ0n) is 15.5. The maximum atomic E-state index is 12.5. The Kier molecular flexibility index (Phi) is 7.47. The number of carboxylic acid groups (broad SMARTS) is 1. The first-order chi connectivity index (χ1) is 12.4. The summed E-state index contributed by atoms with van der Waals surface area (Å²) in [5, 5.41) is 19.9. The maximum absolute atomic E-state index is 12.5. The average Bonchev–Trinajstić information content (AvgIpc) is 2.57. The largest absolute Gasteiger partial charge is 0.480 e. The summed E-state index contributed by atoms with van der Waals surface area (Å²) in [6, 6.07) is 4.48. The first-order valence-corrected chi connectivity index (χ1v) is 9.53. The number of benzene rings is 1. The molecule has 0 fully saturated rings. The molecule has 0 unspecified atom stereocenters. The standard InChI is InChI=1S/C17H23N3O6S/c1-11(16(22)23)19-15(21)14(10-26-17(2,3)4)20-27(24,25)13-7-5-12(9-18)6-8-13/h5-8,11,14,20H,10H2,1-4H3,(H,19,21)(H,22,23)/t11-,14+/m0/s1. The quantitative estimate of drug-likeness (QED) is 0.582. The highest BCUT2D eigenvalue weighted by Crippen LogP contribution is 2.12. The van der Waals surface area contributed by atoms with E-state index < -0.39 is 39.6 Å². The first-order valence-electron chi connectivity index (χ1n) is 8.05. The Morgan fingerprint density at radius 3 is 2.26 bits per heavy atom. The lowest BCUT2D eigenvalue weighted by molar-refractivity contribution is -0.142. The fourth-order valence-electron chi connectivity index (χ4n) is 1.84. The third kappa shape index (κ3) is 7.34. The molecule has 0 aliphatic rings. The van der Waals surface area contributed by atoms with Gasteiger partial charge in [-0.05, 0) is 52.0 Å². The Morgan fingerprint density at radius 2 is 1.81 bits per heavy atom. The zero-order chi connectivity index (χ0) is 20.8. The van der Waals surface area contributed by atoms with Crippen LogP contribution in [0.5, 0.6) is 0 Å². The molecule has 9 nitrogen and oxygen atoms in total. The number of ether oxygens (including phenoxy) is 1. The number of nitrogens with zero attached hydrogens (tertiary/aromatic N) is 1. The van der Waals surface area contributed by atoms with Crippen LogP contribution in [-0.2, 0) is 24.3 Å². The number of hydrogen-bond acceptors (Lipinski definition) is 6. The highest BCUT2D eigenvalue weighted by Gasteiger charge is 2.29. The monoisotopic (exact) mass is 397 g/mol. The summed E-state index contributed by atoms with van der Waals surface area (Å²) in [5.41, 5.74) is -0.355. The van der Waals surface area contributed by atoms with E-state index in [1.165, 1.54) is 31.2 Å². The minimum atomic E-state index is -4.10. The van der Waals surface area contributed by atoms with Crippen molar-refractivity contribution in [1.29, 1.82) is 5.26 Å². The highest BCUT2D eigenvalue weighted by molar-refractivity contribution is 7.89. The van der Waals surface area contributed by atoms with Crippen LogP contribution < -0.4 is 10.0 Å². The Labute approximate surface area is 158 Å². The van der Waals surface area contributed by atoms with Crippen LogP contribution >= 0.6 is 0 Å². The predicted molar refractivity (Wildman–Crippen MR) is 96.2 cm³/mol. The van der Waals surface area contributed by atoms with Crippen LogP contribution in [-0.4, -0.2) is 49.7 Å². The average molecular weight is 397 g/mol. The van der Waals surface area contributed by atoms with Crippen molar-refractivity contribution < 1.29 is 27.9 Å². The van der Waals surface area contributed by atoms with E-state index in [2.05, 4.69) is 10.0 Å². The molecule has 148 valence electrons. The predicted octanol–water partition coefficient (Wildman–Crippen LogP) is 0.610. The number of aliphatic carboxylic acids is 1. The van der Waals surface area contributed by atoms with Crippen molar-refractivity contribution in [3.63, 3.8) is 0 Å². The summed E-state index contributed by atoms with van der Waals surface area (Å²) in [6.07, 6.45) is 0. The number of carbonyl (C=O) groups excluding carboxylic acids is 1. The number of hydrogen-bond donors (Lipinski definition) is 3. The fourth-order valence-corrected chi connectivity index (χ4v) is 3.02. The third-order valence-corrected chi connectivity index (χ3v) is 4.81. The molecular formula is C17H23N3O6S. The molecule has 1 aromatic carbocycles. The van der Waals surface area contributed by atoms with Gasteiger partial charge in [-0.25, -0.2) is 8.42 Å². The molecule has 0 aliphatic carbocycles. The van der Waals surface area contributed by atoms with Gasteiger partial charge in [0, 0.05) is 0 Å².